The SMILES string of the molecule is NC(=O)C(=O)c1cn(CC(=O)NCc2cccs2)c2ccccc12. The second-order valence-corrected chi connectivity index (χ2v) is 6.27. The average molecular weight is 341 g/mol. The molecule has 0 aliphatic carbocycles. The van der Waals surface area contributed by atoms with Crippen molar-refractivity contribution in [3.05, 3.63) is 58.4 Å². The van der Waals surface area contributed by atoms with Crippen molar-refractivity contribution < 1.29 is 14.4 Å². The third-order valence-electron chi connectivity index (χ3n) is 3.61. The van der Waals surface area contributed by atoms with E-state index in [2.05, 4.69) is 5.32 Å². The van der Waals surface area contributed by atoms with E-state index in [1.54, 1.807) is 40.2 Å². The normalized spacial score (nSPS) is 10.7. The Morgan fingerprint density at radius 1 is 1.12 bits per heavy atom. The summed E-state index contributed by atoms with van der Waals surface area (Å²) in [6.45, 7) is 0.515. The Kier molecular flexibility index (Phi) is 4.43. The first-order chi connectivity index (χ1) is 11.6. The lowest BCUT2D eigenvalue weighted by atomic mass is 10.1. The van der Waals surface area contributed by atoms with Crippen LogP contribution in [0.3, 0.4) is 0 Å². The third kappa shape index (κ3) is 3.21. The zero-order valence-electron chi connectivity index (χ0n) is 12.7. The summed E-state index contributed by atoms with van der Waals surface area (Å²) in [6.07, 6.45) is 1.50. The van der Waals surface area contributed by atoms with Crippen molar-refractivity contribution >= 4 is 39.8 Å². The van der Waals surface area contributed by atoms with Crippen molar-refractivity contribution in [1.82, 2.24) is 9.88 Å². The van der Waals surface area contributed by atoms with E-state index in [9.17, 15) is 14.4 Å². The lowest BCUT2D eigenvalue weighted by Gasteiger charge is -2.06. The number of amides is 2. The van der Waals surface area contributed by atoms with Crippen LogP contribution in [0, 0.1) is 0 Å². The summed E-state index contributed by atoms with van der Waals surface area (Å²) in [6, 6.07) is 11.0. The minimum absolute atomic E-state index is 0.0535. The first-order valence-corrected chi connectivity index (χ1v) is 8.15. The summed E-state index contributed by atoms with van der Waals surface area (Å²) in [5.41, 5.74) is 6.01. The molecule has 6 nitrogen and oxygen atoms in total. The van der Waals surface area contributed by atoms with Gasteiger partial charge in [0.05, 0.1) is 12.1 Å². The maximum Gasteiger partial charge on any atom is 0.289 e. The van der Waals surface area contributed by atoms with Gasteiger partial charge in [-0.1, -0.05) is 24.3 Å². The largest absolute Gasteiger partial charge is 0.363 e. The molecular formula is C17H15N3O3S. The second kappa shape index (κ2) is 6.67. The molecule has 24 heavy (non-hydrogen) atoms. The number of para-hydroxylation sites is 1. The van der Waals surface area contributed by atoms with E-state index in [4.69, 9.17) is 5.73 Å². The number of hydrogen-bond acceptors (Lipinski definition) is 4. The van der Waals surface area contributed by atoms with Gasteiger partial charge < -0.3 is 15.6 Å². The smallest absolute Gasteiger partial charge is 0.289 e. The molecule has 2 aromatic heterocycles. The van der Waals surface area contributed by atoms with E-state index in [-0.39, 0.29) is 18.0 Å². The number of carbonyl (C=O) groups excluding carboxylic acids is 3. The number of nitrogens with one attached hydrogen (secondary N) is 1. The Bertz CT molecular complexity index is 912. The maximum absolute atomic E-state index is 12.2. The van der Waals surface area contributed by atoms with Gasteiger partial charge in [0.25, 0.3) is 11.7 Å². The number of nitrogens with two attached hydrogens (primary N) is 1. The van der Waals surface area contributed by atoms with Gasteiger partial charge in [0, 0.05) is 22.0 Å². The van der Waals surface area contributed by atoms with E-state index in [0.29, 0.717) is 17.4 Å². The molecule has 0 fully saturated rings. The Balaban J connectivity index is 1.82. The third-order valence-corrected chi connectivity index (χ3v) is 4.49. The Morgan fingerprint density at radius 3 is 2.62 bits per heavy atom. The van der Waals surface area contributed by atoms with Gasteiger partial charge in [0.1, 0.15) is 6.54 Å². The molecule has 3 aromatic rings. The van der Waals surface area contributed by atoms with Gasteiger partial charge in [0.15, 0.2) is 0 Å². The van der Waals surface area contributed by atoms with Gasteiger partial charge in [0.2, 0.25) is 5.91 Å². The number of aromatic nitrogens is 1. The molecular weight excluding hydrogens is 326 g/mol. The number of ketones is 1. The van der Waals surface area contributed by atoms with Gasteiger partial charge in [-0.3, -0.25) is 14.4 Å². The highest BCUT2D eigenvalue weighted by Gasteiger charge is 2.19. The van der Waals surface area contributed by atoms with Gasteiger partial charge in [-0.2, -0.15) is 0 Å². The van der Waals surface area contributed by atoms with E-state index in [0.717, 1.165) is 4.88 Å². The highest BCUT2D eigenvalue weighted by molar-refractivity contribution is 7.09. The van der Waals surface area contributed by atoms with Crippen molar-refractivity contribution in [2.75, 3.05) is 0 Å². The summed E-state index contributed by atoms with van der Waals surface area (Å²) >= 11 is 1.57. The zero-order valence-corrected chi connectivity index (χ0v) is 13.5. The summed E-state index contributed by atoms with van der Waals surface area (Å²) in [4.78, 5) is 36.4. The summed E-state index contributed by atoms with van der Waals surface area (Å²) in [5.74, 6) is -1.95. The first kappa shape index (κ1) is 15.9. The fourth-order valence-electron chi connectivity index (χ4n) is 2.50. The molecule has 2 amide bonds. The van der Waals surface area contributed by atoms with Crippen LogP contribution in [-0.4, -0.2) is 22.2 Å². The lowest BCUT2D eigenvalue weighted by molar-refractivity contribution is -0.121. The summed E-state index contributed by atoms with van der Waals surface area (Å²) in [7, 11) is 0. The molecule has 0 atom stereocenters. The highest BCUT2D eigenvalue weighted by atomic mass is 32.1. The topological polar surface area (TPSA) is 94.2 Å². The van der Waals surface area contributed by atoms with Crippen LogP contribution in [-0.2, 0) is 22.7 Å². The van der Waals surface area contributed by atoms with E-state index in [1.807, 2.05) is 17.5 Å². The number of nitrogens with zero attached hydrogens (tertiary/aromatic N) is 1. The van der Waals surface area contributed by atoms with Gasteiger partial charge in [-0.05, 0) is 17.5 Å². The van der Waals surface area contributed by atoms with Gasteiger partial charge in [-0.15, -0.1) is 11.3 Å². The number of thiophene rings is 1. The van der Waals surface area contributed by atoms with Crippen molar-refractivity contribution in [2.45, 2.75) is 13.1 Å². The molecule has 3 N–H and O–H groups in total. The number of primary amides is 1. The van der Waals surface area contributed by atoms with Crippen molar-refractivity contribution in [3.8, 4) is 0 Å². The van der Waals surface area contributed by atoms with Crippen LogP contribution in [0.4, 0.5) is 0 Å². The second-order valence-electron chi connectivity index (χ2n) is 5.24. The molecule has 0 spiro atoms. The van der Waals surface area contributed by atoms with E-state index in [1.165, 1.54) is 6.20 Å². The van der Waals surface area contributed by atoms with Crippen molar-refractivity contribution in [3.63, 3.8) is 0 Å². The molecule has 0 saturated heterocycles. The monoisotopic (exact) mass is 341 g/mol. The molecule has 7 heteroatoms. The molecule has 0 aliphatic heterocycles. The van der Waals surface area contributed by atoms with Crippen LogP contribution in [0.2, 0.25) is 0 Å². The number of rotatable bonds is 6. The van der Waals surface area contributed by atoms with Gasteiger partial charge in [-0.25, -0.2) is 0 Å². The minimum atomic E-state index is -1.01. The van der Waals surface area contributed by atoms with Crippen LogP contribution in [0.25, 0.3) is 10.9 Å². The quantitative estimate of drug-likeness (QED) is 0.528. The van der Waals surface area contributed by atoms with Crippen LogP contribution in [0.15, 0.2) is 48.0 Å². The zero-order chi connectivity index (χ0) is 17.1. The Morgan fingerprint density at radius 2 is 1.92 bits per heavy atom. The summed E-state index contributed by atoms with van der Waals surface area (Å²) in [5, 5.41) is 5.38. The molecule has 0 saturated carbocycles. The molecule has 0 unspecified atom stereocenters. The van der Waals surface area contributed by atoms with Crippen LogP contribution < -0.4 is 11.1 Å². The number of carbonyl (C=O) groups is 3. The number of benzene rings is 1. The molecule has 0 radical (unpaired) electrons. The predicted molar refractivity (Wildman–Crippen MR) is 91.6 cm³/mol. The predicted octanol–water partition coefficient (Wildman–Crippen LogP) is 1.69. The van der Waals surface area contributed by atoms with E-state index >= 15 is 0 Å². The first-order valence-electron chi connectivity index (χ1n) is 7.27. The number of fused-ring (bicyclic) bond motifs is 1. The Labute approximate surface area is 141 Å². The molecule has 0 aliphatic rings. The maximum atomic E-state index is 12.2. The standard InChI is InChI=1S/C17H15N3O3S/c18-17(23)16(22)13-9-20(14-6-2-1-5-12(13)14)10-15(21)19-8-11-4-3-7-24-11/h1-7,9H,8,10H2,(H2,18,23)(H,19,21). The number of hydrogen-bond donors (Lipinski definition) is 2. The molecule has 0 bridgehead atoms. The molecule has 2 heterocycles. The number of Topliss-reactive ketones (excluding diaryl/α,β-unsaturated/α-hetero) is 1. The summed E-state index contributed by atoms with van der Waals surface area (Å²) < 4.78 is 1.65. The molecule has 1 aromatic carbocycles. The van der Waals surface area contributed by atoms with Crippen LogP contribution in [0.1, 0.15) is 15.2 Å². The van der Waals surface area contributed by atoms with Crippen molar-refractivity contribution in [1.29, 1.82) is 0 Å². The fourth-order valence-corrected chi connectivity index (χ4v) is 3.15. The van der Waals surface area contributed by atoms with Gasteiger partial charge >= 0.3 is 0 Å². The molecule has 122 valence electrons. The van der Waals surface area contributed by atoms with E-state index < -0.39 is 11.7 Å². The average Bonchev–Trinajstić information content (AvgIpc) is 3.20. The lowest BCUT2D eigenvalue weighted by Crippen LogP contribution is -2.26. The van der Waals surface area contributed by atoms with Crippen LogP contribution in [0.5, 0.6) is 0 Å². The minimum Gasteiger partial charge on any atom is -0.363 e. The Hall–Kier alpha value is -2.93. The molecule has 3 rings (SSSR count). The van der Waals surface area contributed by atoms with Crippen molar-refractivity contribution in [2.24, 2.45) is 5.73 Å². The highest BCUT2D eigenvalue weighted by Crippen LogP contribution is 2.21. The fraction of sp³-hybridized carbons (Fsp3) is 0.118. The van der Waals surface area contributed by atoms with Crippen LogP contribution >= 0.6 is 11.3 Å².